The Morgan fingerprint density at radius 3 is 2.93 bits per heavy atom. The van der Waals surface area contributed by atoms with E-state index in [-0.39, 0.29) is 0 Å². The van der Waals surface area contributed by atoms with E-state index in [9.17, 15) is 0 Å². The highest BCUT2D eigenvalue weighted by Gasteiger charge is 2.00. The van der Waals surface area contributed by atoms with E-state index in [1.807, 2.05) is 42.5 Å². The van der Waals surface area contributed by atoms with Crippen LogP contribution in [0.4, 0.5) is 0 Å². The smallest absolute Gasteiger partial charge is 0.136 e. The van der Waals surface area contributed by atoms with Crippen LogP contribution >= 0.6 is 11.6 Å². The van der Waals surface area contributed by atoms with Gasteiger partial charge in [0.05, 0.1) is 5.52 Å². The summed E-state index contributed by atoms with van der Waals surface area (Å²) in [5.41, 5.74) is 7.20. The van der Waals surface area contributed by atoms with Crippen LogP contribution in [0.1, 0.15) is 5.56 Å². The molecule has 15 heavy (non-hydrogen) atoms. The number of para-hydroxylation sites is 1. The molecule has 0 saturated heterocycles. The molecule has 0 radical (unpaired) electrons. The van der Waals surface area contributed by atoms with Gasteiger partial charge in [-0.15, -0.1) is 0 Å². The van der Waals surface area contributed by atoms with E-state index in [0.29, 0.717) is 11.7 Å². The molecule has 0 atom stereocenters. The van der Waals surface area contributed by atoms with Crippen molar-refractivity contribution >= 4 is 28.6 Å². The van der Waals surface area contributed by atoms with E-state index in [0.717, 1.165) is 16.5 Å². The molecule has 3 heteroatoms. The molecule has 1 heterocycles. The summed E-state index contributed by atoms with van der Waals surface area (Å²) < 4.78 is 0. The first-order valence-corrected chi connectivity index (χ1v) is 5.11. The van der Waals surface area contributed by atoms with E-state index in [1.54, 1.807) is 0 Å². The molecule has 2 N–H and O–H groups in total. The van der Waals surface area contributed by atoms with Gasteiger partial charge in [-0.2, -0.15) is 0 Å². The Morgan fingerprint density at radius 1 is 1.33 bits per heavy atom. The van der Waals surface area contributed by atoms with E-state index in [1.165, 1.54) is 0 Å². The van der Waals surface area contributed by atoms with Gasteiger partial charge in [-0.3, -0.25) is 0 Å². The number of pyridine rings is 1. The van der Waals surface area contributed by atoms with Crippen molar-refractivity contribution in [2.75, 3.05) is 6.54 Å². The molecule has 0 unspecified atom stereocenters. The second-order valence-electron chi connectivity index (χ2n) is 3.20. The maximum Gasteiger partial charge on any atom is 0.136 e. The number of nitrogens with two attached hydrogens (primary N) is 1. The highest BCUT2D eigenvalue weighted by atomic mass is 35.5. The molecule has 0 saturated carbocycles. The molecule has 0 amide bonds. The average Bonchev–Trinajstić information content (AvgIpc) is 2.26. The van der Waals surface area contributed by atoms with Gasteiger partial charge in [-0.1, -0.05) is 42.0 Å². The third kappa shape index (κ3) is 2.17. The fourth-order valence-corrected chi connectivity index (χ4v) is 1.63. The number of nitrogens with zero attached hydrogens (tertiary/aromatic N) is 1. The summed E-state index contributed by atoms with van der Waals surface area (Å²) in [4.78, 5) is 4.30. The standard InChI is InChI=1S/C12H11ClN2/c13-12-10(5-3-7-14)8-9-4-1-2-6-11(9)15-12/h1-6,8H,7,14H2. The molecule has 0 aliphatic carbocycles. The normalized spacial score (nSPS) is 11.3. The van der Waals surface area contributed by atoms with Crippen molar-refractivity contribution in [2.45, 2.75) is 0 Å². The van der Waals surface area contributed by atoms with E-state index in [4.69, 9.17) is 17.3 Å². The van der Waals surface area contributed by atoms with Gasteiger partial charge < -0.3 is 5.73 Å². The van der Waals surface area contributed by atoms with Crippen molar-refractivity contribution in [2.24, 2.45) is 5.73 Å². The number of hydrogen-bond donors (Lipinski definition) is 1. The summed E-state index contributed by atoms with van der Waals surface area (Å²) in [6.45, 7) is 0.503. The Bertz CT molecular complexity index is 506. The summed E-state index contributed by atoms with van der Waals surface area (Å²) in [5, 5.41) is 1.59. The molecule has 0 fully saturated rings. The first-order chi connectivity index (χ1) is 7.31. The van der Waals surface area contributed by atoms with E-state index in [2.05, 4.69) is 4.98 Å². The lowest BCUT2D eigenvalue weighted by Crippen LogP contribution is -1.92. The number of halogens is 1. The largest absolute Gasteiger partial charge is 0.327 e. The molecule has 0 spiro atoms. The van der Waals surface area contributed by atoms with Crippen molar-refractivity contribution in [3.63, 3.8) is 0 Å². The Morgan fingerprint density at radius 2 is 2.13 bits per heavy atom. The number of rotatable bonds is 2. The van der Waals surface area contributed by atoms with Gasteiger partial charge in [-0.05, 0) is 12.1 Å². The molecule has 1 aromatic carbocycles. The van der Waals surface area contributed by atoms with Gasteiger partial charge in [0.25, 0.3) is 0 Å². The zero-order chi connectivity index (χ0) is 10.7. The lowest BCUT2D eigenvalue weighted by Gasteiger charge is -2.01. The third-order valence-electron chi connectivity index (χ3n) is 2.14. The topological polar surface area (TPSA) is 38.9 Å². The summed E-state index contributed by atoms with van der Waals surface area (Å²) in [6.07, 6.45) is 3.75. The summed E-state index contributed by atoms with van der Waals surface area (Å²) in [6, 6.07) is 9.89. The van der Waals surface area contributed by atoms with Crippen LogP contribution in [-0.4, -0.2) is 11.5 Å². The minimum atomic E-state index is 0.503. The number of hydrogen-bond acceptors (Lipinski definition) is 2. The Balaban J connectivity index is 2.57. The van der Waals surface area contributed by atoms with Crippen molar-refractivity contribution in [3.05, 3.63) is 47.1 Å². The predicted octanol–water partition coefficient (Wildman–Crippen LogP) is 2.86. The molecule has 2 nitrogen and oxygen atoms in total. The van der Waals surface area contributed by atoms with Gasteiger partial charge in [0.1, 0.15) is 5.15 Å². The number of aromatic nitrogens is 1. The van der Waals surface area contributed by atoms with Crippen molar-refractivity contribution in [3.8, 4) is 0 Å². The second kappa shape index (κ2) is 4.43. The molecule has 76 valence electrons. The van der Waals surface area contributed by atoms with Crippen LogP contribution in [-0.2, 0) is 0 Å². The van der Waals surface area contributed by atoms with Crippen LogP contribution in [0.3, 0.4) is 0 Å². The summed E-state index contributed by atoms with van der Waals surface area (Å²) in [7, 11) is 0. The predicted molar refractivity (Wildman–Crippen MR) is 64.8 cm³/mol. The van der Waals surface area contributed by atoms with Crippen molar-refractivity contribution in [1.82, 2.24) is 4.98 Å². The molecule has 1 aromatic heterocycles. The molecule has 0 aliphatic heterocycles. The van der Waals surface area contributed by atoms with Crippen LogP contribution in [0.25, 0.3) is 17.0 Å². The first kappa shape index (κ1) is 10.1. The number of benzene rings is 1. The lowest BCUT2D eigenvalue weighted by atomic mass is 10.1. The Labute approximate surface area is 93.4 Å². The number of fused-ring (bicyclic) bond motifs is 1. The summed E-state index contributed by atoms with van der Waals surface area (Å²) >= 11 is 6.04. The summed E-state index contributed by atoms with van der Waals surface area (Å²) in [5.74, 6) is 0. The molecule has 2 aromatic rings. The van der Waals surface area contributed by atoms with Gasteiger partial charge in [0, 0.05) is 17.5 Å². The highest BCUT2D eigenvalue weighted by molar-refractivity contribution is 6.31. The maximum absolute atomic E-state index is 6.04. The van der Waals surface area contributed by atoms with E-state index < -0.39 is 0 Å². The molecular formula is C12H11ClN2. The maximum atomic E-state index is 6.04. The van der Waals surface area contributed by atoms with Crippen LogP contribution < -0.4 is 5.73 Å². The minimum Gasteiger partial charge on any atom is -0.327 e. The van der Waals surface area contributed by atoms with Crippen LogP contribution in [0, 0.1) is 0 Å². The lowest BCUT2D eigenvalue weighted by molar-refractivity contribution is 1.26. The monoisotopic (exact) mass is 218 g/mol. The third-order valence-corrected chi connectivity index (χ3v) is 2.44. The minimum absolute atomic E-state index is 0.503. The molecule has 2 rings (SSSR count). The van der Waals surface area contributed by atoms with Crippen LogP contribution in [0.2, 0.25) is 5.15 Å². The zero-order valence-electron chi connectivity index (χ0n) is 8.15. The quantitative estimate of drug-likeness (QED) is 0.788. The highest BCUT2D eigenvalue weighted by Crippen LogP contribution is 2.21. The van der Waals surface area contributed by atoms with Gasteiger partial charge >= 0.3 is 0 Å². The van der Waals surface area contributed by atoms with Crippen LogP contribution in [0.15, 0.2) is 36.4 Å². The van der Waals surface area contributed by atoms with Gasteiger partial charge in [0.15, 0.2) is 0 Å². The molecular weight excluding hydrogens is 208 g/mol. The average molecular weight is 219 g/mol. The Kier molecular flexibility index (Phi) is 2.99. The Hall–Kier alpha value is -1.38. The molecule has 0 bridgehead atoms. The SMILES string of the molecule is NCC=Cc1cc2ccccc2nc1Cl. The van der Waals surface area contributed by atoms with Gasteiger partial charge in [0.2, 0.25) is 0 Å². The van der Waals surface area contributed by atoms with Gasteiger partial charge in [-0.25, -0.2) is 4.98 Å². The zero-order valence-corrected chi connectivity index (χ0v) is 8.91. The van der Waals surface area contributed by atoms with Crippen LogP contribution in [0.5, 0.6) is 0 Å². The second-order valence-corrected chi connectivity index (χ2v) is 3.56. The fraction of sp³-hybridized carbons (Fsp3) is 0.0833. The van der Waals surface area contributed by atoms with E-state index >= 15 is 0 Å². The van der Waals surface area contributed by atoms with Crippen molar-refractivity contribution < 1.29 is 0 Å². The fourth-order valence-electron chi connectivity index (χ4n) is 1.42. The van der Waals surface area contributed by atoms with Crippen molar-refractivity contribution in [1.29, 1.82) is 0 Å². The first-order valence-electron chi connectivity index (χ1n) is 4.73. The molecule has 0 aliphatic rings.